The molecule has 0 unspecified atom stereocenters. The van der Waals surface area contributed by atoms with Crippen molar-refractivity contribution in [3.8, 4) is 17.1 Å². The largest absolute Gasteiger partial charge is 0.493 e. The minimum absolute atomic E-state index is 0.0217. The van der Waals surface area contributed by atoms with Crippen molar-refractivity contribution < 1.29 is 23.1 Å². The number of benzene rings is 1. The number of carboxylic acid groups (broad SMARTS) is 1. The molecule has 194 valence electrons. The highest BCUT2D eigenvalue weighted by Crippen LogP contribution is 2.32. The lowest BCUT2D eigenvalue weighted by molar-refractivity contribution is -0.142. The fourth-order valence-corrected chi connectivity index (χ4v) is 5.92. The molecule has 1 aliphatic rings. The topological polar surface area (TPSA) is 147 Å². The molecule has 0 aliphatic carbocycles. The summed E-state index contributed by atoms with van der Waals surface area (Å²) >= 11 is 0. The number of imidazole rings is 1. The van der Waals surface area contributed by atoms with Gasteiger partial charge in [0.2, 0.25) is 10.0 Å². The van der Waals surface area contributed by atoms with E-state index in [1.807, 2.05) is 13.8 Å². The van der Waals surface area contributed by atoms with E-state index in [0.717, 1.165) is 12.8 Å². The minimum Gasteiger partial charge on any atom is -0.493 e. The Balaban J connectivity index is 1.80. The third-order valence-electron chi connectivity index (χ3n) is 6.33. The van der Waals surface area contributed by atoms with Gasteiger partial charge in [-0.2, -0.15) is 4.31 Å². The Labute approximate surface area is 209 Å². The Morgan fingerprint density at radius 3 is 2.58 bits per heavy atom. The highest BCUT2D eigenvalue weighted by atomic mass is 32.2. The number of piperidine rings is 1. The van der Waals surface area contributed by atoms with Gasteiger partial charge < -0.3 is 14.8 Å². The predicted molar refractivity (Wildman–Crippen MR) is 133 cm³/mol. The normalized spacial score (nSPS) is 15.4. The number of hydrogen-bond donors (Lipinski definition) is 2. The Morgan fingerprint density at radius 2 is 1.94 bits per heavy atom. The lowest BCUT2D eigenvalue weighted by Crippen LogP contribution is -2.40. The third kappa shape index (κ3) is 4.87. The molecule has 4 rings (SSSR count). The van der Waals surface area contributed by atoms with Gasteiger partial charge in [0.1, 0.15) is 11.6 Å². The summed E-state index contributed by atoms with van der Waals surface area (Å²) in [5.74, 6) is -0.228. The van der Waals surface area contributed by atoms with Gasteiger partial charge in [0.25, 0.3) is 5.56 Å². The van der Waals surface area contributed by atoms with Crippen LogP contribution >= 0.6 is 0 Å². The number of H-pyrrole nitrogens is 1. The van der Waals surface area contributed by atoms with Gasteiger partial charge in [-0.25, -0.2) is 17.9 Å². The van der Waals surface area contributed by atoms with Crippen molar-refractivity contribution in [1.82, 2.24) is 23.9 Å². The van der Waals surface area contributed by atoms with E-state index in [-0.39, 0.29) is 42.2 Å². The predicted octanol–water partition coefficient (Wildman–Crippen LogP) is 2.62. The molecule has 2 N–H and O–H groups in total. The van der Waals surface area contributed by atoms with Gasteiger partial charge in [-0.15, -0.1) is 5.10 Å². The standard InChI is InChI=1S/C24H31N5O6S/c1-4-6-20-25-15(3)21-23(30)26-22(27-29(20)21)18-14-17(7-8-19(18)35-13-5-2)36(33,34)28-11-9-16(10-12-28)24(31)32/h7-8,14,16H,4-6,9-13H2,1-3H3,(H,31,32)(H,26,27,30). The van der Waals surface area contributed by atoms with E-state index >= 15 is 0 Å². The number of nitrogens with zero attached hydrogens (tertiary/aromatic N) is 4. The Morgan fingerprint density at radius 1 is 1.22 bits per heavy atom. The van der Waals surface area contributed by atoms with Gasteiger partial charge in [-0.05, 0) is 50.8 Å². The van der Waals surface area contributed by atoms with Crippen LogP contribution in [0.4, 0.5) is 0 Å². The number of sulfonamides is 1. The van der Waals surface area contributed by atoms with E-state index in [1.165, 1.54) is 21.0 Å². The quantitative estimate of drug-likeness (QED) is 0.440. The first kappa shape index (κ1) is 25.8. The van der Waals surface area contributed by atoms with Gasteiger partial charge in [0, 0.05) is 19.5 Å². The molecule has 0 atom stereocenters. The number of ether oxygens (including phenoxy) is 1. The second-order valence-electron chi connectivity index (χ2n) is 8.95. The zero-order valence-electron chi connectivity index (χ0n) is 20.7. The fraction of sp³-hybridized carbons (Fsp3) is 0.500. The smallest absolute Gasteiger partial charge is 0.306 e. The van der Waals surface area contributed by atoms with Crippen molar-refractivity contribution in [2.45, 2.75) is 57.8 Å². The molecule has 0 saturated carbocycles. The van der Waals surface area contributed by atoms with E-state index in [4.69, 9.17) is 4.74 Å². The van der Waals surface area contributed by atoms with Crippen molar-refractivity contribution in [1.29, 1.82) is 0 Å². The maximum absolute atomic E-state index is 13.4. The van der Waals surface area contributed by atoms with E-state index in [2.05, 4.69) is 15.1 Å². The van der Waals surface area contributed by atoms with Gasteiger partial charge in [0.05, 0.1) is 28.7 Å². The number of aryl methyl sites for hydroxylation is 2. The summed E-state index contributed by atoms with van der Waals surface area (Å²) in [5.41, 5.74) is 0.890. The van der Waals surface area contributed by atoms with Crippen molar-refractivity contribution in [2.75, 3.05) is 19.7 Å². The molecule has 0 spiro atoms. The second kappa shape index (κ2) is 10.4. The lowest BCUT2D eigenvalue weighted by Gasteiger charge is -2.29. The summed E-state index contributed by atoms with van der Waals surface area (Å²) in [5, 5.41) is 13.9. The maximum atomic E-state index is 13.4. The second-order valence-corrected chi connectivity index (χ2v) is 10.9. The summed E-state index contributed by atoms with van der Waals surface area (Å²) in [6.07, 6.45) is 2.70. The molecule has 11 nitrogen and oxygen atoms in total. The van der Waals surface area contributed by atoms with Crippen molar-refractivity contribution in [2.24, 2.45) is 5.92 Å². The van der Waals surface area contributed by atoms with Crippen LogP contribution in [-0.2, 0) is 21.2 Å². The third-order valence-corrected chi connectivity index (χ3v) is 8.22. The summed E-state index contributed by atoms with van der Waals surface area (Å²) in [6.45, 7) is 6.36. The van der Waals surface area contributed by atoms with Crippen LogP contribution in [0, 0.1) is 12.8 Å². The molecule has 0 amide bonds. The van der Waals surface area contributed by atoms with Crippen molar-refractivity contribution in [3.05, 3.63) is 40.1 Å². The first-order chi connectivity index (χ1) is 17.2. The van der Waals surface area contributed by atoms with Crippen LogP contribution in [0.25, 0.3) is 16.9 Å². The SMILES string of the molecule is CCCOc1ccc(S(=O)(=O)N2CCC(C(=O)O)CC2)cc1-c1nn2c(CCC)nc(C)c2c(=O)[nH]1. The lowest BCUT2D eigenvalue weighted by atomic mass is 9.99. The van der Waals surface area contributed by atoms with E-state index in [0.29, 0.717) is 41.4 Å². The molecule has 2 aromatic heterocycles. The monoisotopic (exact) mass is 517 g/mol. The number of nitrogens with one attached hydrogen (secondary N) is 1. The number of carboxylic acids is 1. The number of aliphatic carboxylic acids is 1. The number of rotatable bonds is 9. The van der Waals surface area contributed by atoms with Crippen molar-refractivity contribution in [3.63, 3.8) is 0 Å². The summed E-state index contributed by atoms with van der Waals surface area (Å²) in [4.78, 5) is 31.5. The summed E-state index contributed by atoms with van der Waals surface area (Å²) in [6, 6.07) is 4.49. The van der Waals surface area contributed by atoms with Gasteiger partial charge in [-0.3, -0.25) is 9.59 Å². The minimum atomic E-state index is -3.90. The molecule has 0 radical (unpaired) electrons. The summed E-state index contributed by atoms with van der Waals surface area (Å²) in [7, 11) is -3.90. The molecular weight excluding hydrogens is 486 g/mol. The van der Waals surface area contributed by atoms with E-state index in [9.17, 15) is 23.1 Å². The average Bonchev–Trinajstić information content (AvgIpc) is 3.18. The molecule has 0 bridgehead atoms. The fourth-order valence-electron chi connectivity index (χ4n) is 4.43. The maximum Gasteiger partial charge on any atom is 0.306 e. The highest BCUT2D eigenvalue weighted by molar-refractivity contribution is 7.89. The summed E-state index contributed by atoms with van der Waals surface area (Å²) < 4.78 is 35.5. The number of aromatic nitrogens is 4. The molecule has 36 heavy (non-hydrogen) atoms. The first-order valence-electron chi connectivity index (χ1n) is 12.2. The van der Waals surface area contributed by atoms with Crippen molar-refractivity contribution >= 4 is 21.5 Å². The van der Waals surface area contributed by atoms with E-state index < -0.39 is 21.9 Å². The van der Waals surface area contributed by atoms with Crippen LogP contribution in [-0.4, -0.2) is 63.1 Å². The number of aromatic amines is 1. The highest BCUT2D eigenvalue weighted by Gasteiger charge is 2.32. The van der Waals surface area contributed by atoms with Crippen LogP contribution in [0.3, 0.4) is 0 Å². The van der Waals surface area contributed by atoms with Crippen LogP contribution in [0.2, 0.25) is 0 Å². The average molecular weight is 518 g/mol. The Kier molecular flexibility index (Phi) is 7.46. The van der Waals surface area contributed by atoms with Crippen LogP contribution in [0.1, 0.15) is 51.0 Å². The van der Waals surface area contributed by atoms with Crippen LogP contribution in [0.5, 0.6) is 5.75 Å². The Bertz CT molecular complexity index is 1440. The van der Waals surface area contributed by atoms with Crippen LogP contribution in [0.15, 0.2) is 27.9 Å². The molecule has 1 aliphatic heterocycles. The molecule has 1 aromatic carbocycles. The molecule has 1 fully saturated rings. The number of hydrogen-bond acceptors (Lipinski definition) is 7. The molecule has 3 aromatic rings. The zero-order valence-corrected chi connectivity index (χ0v) is 21.5. The number of carbonyl (C=O) groups is 1. The van der Waals surface area contributed by atoms with Gasteiger partial charge in [0.15, 0.2) is 11.3 Å². The Hall–Kier alpha value is -3.25. The molecule has 12 heteroatoms. The van der Waals surface area contributed by atoms with E-state index in [1.54, 1.807) is 13.0 Å². The van der Waals surface area contributed by atoms with Gasteiger partial charge in [-0.1, -0.05) is 13.8 Å². The number of fused-ring (bicyclic) bond motifs is 1. The van der Waals surface area contributed by atoms with Gasteiger partial charge >= 0.3 is 5.97 Å². The zero-order chi connectivity index (χ0) is 26.0. The molecule has 1 saturated heterocycles. The molecule has 3 heterocycles. The molecular formula is C24H31N5O6S. The first-order valence-corrected chi connectivity index (χ1v) is 13.6. The van der Waals surface area contributed by atoms with Crippen LogP contribution < -0.4 is 10.3 Å².